The van der Waals surface area contributed by atoms with Crippen molar-refractivity contribution in [2.45, 2.75) is 73.3 Å². The van der Waals surface area contributed by atoms with Crippen molar-refractivity contribution in [1.82, 2.24) is 4.90 Å². The van der Waals surface area contributed by atoms with E-state index in [4.69, 9.17) is 9.47 Å². The van der Waals surface area contributed by atoms with E-state index in [0.717, 1.165) is 39.0 Å². The highest BCUT2D eigenvalue weighted by atomic mass is 16.6. The topological polar surface area (TPSA) is 38.8 Å². The molecule has 4 heteroatoms. The Bertz CT molecular complexity index is 500. The summed E-state index contributed by atoms with van der Waals surface area (Å²) < 4.78 is 11.0. The summed E-state index contributed by atoms with van der Waals surface area (Å²) in [5, 5.41) is 0. The standard InChI is InChI=1S/C19H29NO3.2C2H6/c1-18(2,3)23-17(21)20-12-10-19(11-13-20,15-22-4)14-16-8-6-5-7-9-16;2*1-2/h5-9H,10-15H2,1-4H3;2*1-2H3. The van der Waals surface area contributed by atoms with Gasteiger partial charge >= 0.3 is 6.09 Å². The van der Waals surface area contributed by atoms with Gasteiger partial charge in [-0.1, -0.05) is 58.0 Å². The lowest BCUT2D eigenvalue weighted by Gasteiger charge is -2.41. The molecule has 0 bridgehead atoms. The second-order valence-electron chi connectivity index (χ2n) is 7.56. The van der Waals surface area contributed by atoms with Gasteiger partial charge in [-0.25, -0.2) is 4.79 Å². The van der Waals surface area contributed by atoms with Crippen LogP contribution in [0.25, 0.3) is 0 Å². The number of nitrogens with zero attached hydrogens (tertiary/aromatic N) is 1. The molecule has 0 radical (unpaired) electrons. The van der Waals surface area contributed by atoms with Crippen LogP contribution in [0.5, 0.6) is 0 Å². The third kappa shape index (κ3) is 9.28. The molecular formula is C23H41NO3. The maximum Gasteiger partial charge on any atom is 0.410 e. The molecule has 1 fully saturated rings. The Morgan fingerprint density at radius 2 is 1.56 bits per heavy atom. The molecule has 0 N–H and O–H groups in total. The predicted octanol–water partition coefficient (Wildman–Crippen LogP) is 5.95. The quantitative estimate of drug-likeness (QED) is 0.649. The third-order valence-corrected chi connectivity index (χ3v) is 4.35. The summed E-state index contributed by atoms with van der Waals surface area (Å²) in [4.78, 5) is 14.0. The molecule has 0 unspecified atom stereocenters. The number of amides is 1. The number of benzene rings is 1. The van der Waals surface area contributed by atoms with Crippen LogP contribution < -0.4 is 0 Å². The average molecular weight is 380 g/mol. The summed E-state index contributed by atoms with van der Waals surface area (Å²) in [6.07, 6.45) is 2.66. The highest BCUT2D eigenvalue weighted by Gasteiger charge is 2.37. The van der Waals surface area contributed by atoms with Crippen LogP contribution >= 0.6 is 0 Å². The molecule has 156 valence electrons. The molecule has 4 nitrogen and oxygen atoms in total. The summed E-state index contributed by atoms with van der Waals surface area (Å²) in [5.74, 6) is 0. The molecular weight excluding hydrogens is 338 g/mol. The molecule has 0 aromatic heterocycles. The first-order valence-corrected chi connectivity index (χ1v) is 10.3. The van der Waals surface area contributed by atoms with Crippen molar-refractivity contribution in [3.05, 3.63) is 35.9 Å². The lowest BCUT2D eigenvalue weighted by Crippen LogP contribution is -2.47. The van der Waals surface area contributed by atoms with E-state index in [1.54, 1.807) is 7.11 Å². The number of ether oxygens (including phenoxy) is 2. The number of piperidine rings is 1. The molecule has 1 aromatic carbocycles. The SMILES string of the molecule is CC.CC.COCC1(Cc2ccccc2)CCN(C(=O)OC(C)(C)C)CC1. The van der Waals surface area contributed by atoms with Crippen LogP contribution in [0.4, 0.5) is 4.79 Å². The van der Waals surface area contributed by atoms with Crippen molar-refractivity contribution in [3.8, 4) is 0 Å². The van der Waals surface area contributed by atoms with E-state index >= 15 is 0 Å². The van der Waals surface area contributed by atoms with E-state index in [-0.39, 0.29) is 11.5 Å². The minimum Gasteiger partial charge on any atom is -0.444 e. The van der Waals surface area contributed by atoms with Gasteiger partial charge in [0.05, 0.1) is 6.61 Å². The van der Waals surface area contributed by atoms with Gasteiger partial charge in [0, 0.05) is 25.6 Å². The lowest BCUT2D eigenvalue weighted by molar-refractivity contribution is -0.00672. The van der Waals surface area contributed by atoms with E-state index in [9.17, 15) is 4.79 Å². The highest BCUT2D eigenvalue weighted by molar-refractivity contribution is 5.68. The molecule has 1 saturated heterocycles. The first kappa shape index (κ1) is 25.4. The first-order valence-electron chi connectivity index (χ1n) is 10.3. The Morgan fingerprint density at radius 1 is 1.04 bits per heavy atom. The molecule has 1 heterocycles. The zero-order chi connectivity index (χ0) is 20.9. The fourth-order valence-electron chi connectivity index (χ4n) is 3.20. The maximum absolute atomic E-state index is 12.2. The molecule has 0 aliphatic carbocycles. The zero-order valence-electron chi connectivity index (χ0n) is 18.8. The number of rotatable bonds is 4. The summed E-state index contributed by atoms with van der Waals surface area (Å²) in [6.45, 7) is 15.9. The largest absolute Gasteiger partial charge is 0.444 e. The minimum atomic E-state index is -0.442. The van der Waals surface area contributed by atoms with Crippen LogP contribution in [0.1, 0.15) is 66.9 Å². The first-order chi connectivity index (χ1) is 12.8. The Morgan fingerprint density at radius 3 is 2.00 bits per heavy atom. The van der Waals surface area contributed by atoms with Gasteiger partial charge in [-0.3, -0.25) is 0 Å². The van der Waals surface area contributed by atoms with Crippen molar-refractivity contribution >= 4 is 6.09 Å². The Balaban J connectivity index is 0.00000158. The van der Waals surface area contributed by atoms with Crippen molar-refractivity contribution in [2.24, 2.45) is 5.41 Å². The van der Waals surface area contributed by atoms with Crippen molar-refractivity contribution < 1.29 is 14.3 Å². The lowest BCUT2D eigenvalue weighted by atomic mass is 9.74. The van der Waals surface area contributed by atoms with Gasteiger partial charge in [0.15, 0.2) is 0 Å². The van der Waals surface area contributed by atoms with Crippen LogP contribution in [0.2, 0.25) is 0 Å². The minimum absolute atomic E-state index is 0.106. The molecule has 1 aliphatic heterocycles. The molecule has 1 aliphatic rings. The molecule has 1 amide bonds. The van der Waals surface area contributed by atoms with Crippen molar-refractivity contribution in [1.29, 1.82) is 0 Å². The van der Waals surface area contributed by atoms with E-state index in [0.29, 0.717) is 0 Å². The number of likely N-dealkylation sites (tertiary alicyclic amines) is 1. The predicted molar refractivity (Wildman–Crippen MR) is 114 cm³/mol. The van der Waals surface area contributed by atoms with Crippen LogP contribution in [-0.2, 0) is 15.9 Å². The third-order valence-electron chi connectivity index (χ3n) is 4.35. The van der Waals surface area contributed by atoms with Crippen molar-refractivity contribution in [3.63, 3.8) is 0 Å². The van der Waals surface area contributed by atoms with Gasteiger partial charge in [0.2, 0.25) is 0 Å². The van der Waals surface area contributed by atoms with Crippen LogP contribution in [0, 0.1) is 5.41 Å². The fraction of sp³-hybridized carbons (Fsp3) is 0.696. The monoisotopic (exact) mass is 379 g/mol. The van der Waals surface area contributed by atoms with Gasteiger partial charge in [-0.05, 0) is 45.6 Å². The number of carbonyl (C=O) groups excluding carboxylic acids is 1. The Labute approximate surface area is 167 Å². The van der Waals surface area contributed by atoms with Gasteiger partial charge in [-0.15, -0.1) is 0 Å². The normalized spacial score (nSPS) is 15.6. The summed E-state index contributed by atoms with van der Waals surface area (Å²) in [5.41, 5.74) is 0.992. The fourth-order valence-corrected chi connectivity index (χ4v) is 3.20. The zero-order valence-corrected chi connectivity index (χ0v) is 18.8. The Kier molecular flexibility index (Phi) is 12.0. The van der Waals surface area contributed by atoms with Gasteiger partial charge in [-0.2, -0.15) is 0 Å². The van der Waals surface area contributed by atoms with E-state index < -0.39 is 5.60 Å². The van der Waals surface area contributed by atoms with Gasteiger partial charge in [0.1, 0.15) is 5.60 Å². The van der Waals surface area contributed by atoms with E-state index in [1.165, 1.54) is 5.56 Å². The summed E-state index contributed by atoms with van der Waals surface area (Å²) >= 11 is 0. The van der Waals surface area contributed by atoms with Crippen molar-refractivity contribution in [2.75, 3.05) is 26.8 Å². The molecule has 0 atom stereocenters. The smallest absolute Gasteiger partial charge is 0.410 e. The molecule has 0 spiro atoms. The number of methoxy groups -OCH3 is 1. The maximum atomic E-state index is 12.2. The molecule has 27 heavy (non-hydrogen) atoms. The molecule has 2 rings (SSSR count). The van der Waals surface area contributed by atoms with E-state index in [2.05, 4.69) is 24.3 Å². The summed E-state index contributed by atoms with van der Waals surface area (Å²) in [7, 11) is 1.76. The molecule has 0 saturated carbocycles. The van der Waals surface area contributed by atoms with Gasteiger partial charge in [0.25, 0.3) is 0 Å². The average Bonchev–Trinajstić information content (AvgIpc) is 2.65. The van der Waals surface area contributed by atoms with Crippen LogP contribution in [0.15, 0.2) is 30.3 Å². The summed E-state index contributed by atoms with van der Waals surface area (Å²) in [6, 6.07) is 10.5. The number of hydrogen-bond donors (Lipinski definition) is 0. The second-order valence-corrected chi connectivity index (χ2v) is 7.56. The van der Waals surface area contributed by atoms with Crippen LogP contribution in [-0.4, -0.2) is 43.4 Å². The Hall–Kier alpha value is -1.55. The number of carbonyl (C=O) groups is 1. The van der Waals surface area contributed by atoms with Crippen LogP contribution in [0.3, 0.4) is 0 Å². The number of hydrogen-bond acceptors (Lipinski definition) is 3. The molecule has 1 aromatic rings. The van der Waals surface area contributed by atoms with E-state index in [1.807, 2.05) is 59.4 Å². The highest BCUT2D eigenvalue weighted by Crippen LogP contribution is 2.36. The second kappa shape index (κ2) is 12.8. The van der Waals surface area contributed by atoms with Gasteiger partial charge < -0.3 is 14.4 Å².